The van der Waals surface area contributed by atoms with Crippen LogP contribution in [0.1, 0.15) is 28.8 Å². The molecule has 0 atom stereocenters. The van der Waals surface area contributed by atoms with Crippen LogP contribution < -0.4 is 10.5 Å². The molecular formula is C12H18N4O4S. The maximum Gasteiger partial charge on any atom is 0.244 e. The highest BCUT2D eigenvalue weighted by molar-refractivity contribution is 7.89. The molecule has 0 saturated heterocycles. The summed E-state index contributed by atoms with van der Waals surface area (Å²) in [4.78, 5) is 4.12. The Kier molecular flexibility index (Phi) is 4.45. The smallest absolute Gasteiger partial charge is 0.244 e. The molecule has 0 spiro atoms. The third-order valence-electron chi connectivity index (χ3n) is 3.01. The topological polar surface area (TPSA) is 124 Å². The van der Waals surface area contributed by atoms with E-state index in [-0.39, 0.29) is 18.0 Å². The van der Waals surface area contributed by atoms with Gasteiger partial charge in [0.25, 0.3) is 0 Å². The average molecular weight is 314 g/mol. The van der Waals surface area contributed by atoms with E-state index < -0.39 is 10.0 Å². The summed E-state index contributed by atoms with van der Waals surface area (Å²) in [6, 6.07) is 0. The Bertz CT molecular complexity index is 733. The van der Waals surface area contributed by atoms with Crippen molar-refractivity contribution in [1.82, 2.24) is 14.9 Å². The van der Waals surface area contributed by atoms with Gasteiger partial charge in [-0.15, -0.1) is 0 Å². The number of nitrogens with two attached hydrogens (primary N) is 1. The van der Waals surface area contributed by atoms with Gasteiger partial charge in [-0.3, -0.25) is 0 Å². The van der Waals surface area contributed by atoms with Crippen LogP contribution in [0.5, 0.6) is 0 Å². The summed E-state index contributed by atoms with van der Waals surface area (Å²) in [7, 11) is -3.69. The lowest BCUT2D eigenvalue weighted by Crippen LogP contribution is -2.27. The number of nitrogens with one attached hydrogen (secondary N) is 1. The first-order valence-electron chi connectivity index (χ1n) is 6.43. The van der Waals surface area contributed by atoms with E-state index in [9.17, 15) is 8.42 Å². The summed E-state index contributed by atoms with van der Waals surface area (Å²) in [6.07, 6.45) is 0.338. The zero-order valence-corrected chi connectivity index (χ0v) is 13.0. The van der Waals surface area contributed by atoms with Crippen LogP contribution >= 0.6 is 0 Å². The minimum absolute atomic E-state index is 0.101. The van der Waals surface area contributed by atoms with Crippen molar-refractivity contribution >= 4 is 10.0 Å². The summed E-state index contributed by atoms with van der Waals surface area (Å²) in [5, 5.41) is 3.70. The normalized spacial score (nSPS) is 12.0. The number of rotatable bonds is 6. The summed E-state index contributed by atoms with van der Waals surface area (Å²) >= 11 is 0. The minimum atomic E-state index is -3.69. The van der Waals surface area contributed by atoms with Crippen LogP contribution in [-0.4, -0.2) is 25.1 Å². The Labute approximate surface area is 122 Å². The van der Waals surface area contributed by atoms with E-state index in [1.807, 2.05) is 0 Å². The van der Waals surface area contributed by atoms with Crippen LogP contribution in [0.3, 0.4) is 0 Å². The molecule has 0 unspecified atom stereocenters. The van der Waals surface area contributed by atoms with E-state index in [0.717, 1.165) is 0 Å². The molecule has 0 bridgehead atoms. The predicted octanol–water partition coefficient (Wildman–Crippen LogP) is 0.568. The van der Waals surface area contributed by atoms with Gasteiger partial charge in [-0.1, -0.05) is 5.16 Å². The molecule has 0 radical (unpaired) electrons. The highest BCUT2D eigenvalue weighted by atomic mass is 32.2. The van der Waals surface area contributed by atoms with Gasteiger partial charge in [0.15, 0.2) is 5.82 Å². The van der Waals surface area contributed by atoms with E-state index >= 15 is 0 Å². The Morgan fingerprint density at radius 2 is 1.95 bits per heavy atom. The van der Waals surface area contributed by atoms with Crippen LogP contribution in [0, 0.1) is 20.8 Å². The van der Waals surface area contributed by atoms with E-state index in [0.29, 0.717) is 35.2 Å². The molecule has 116 valence electrons. The molecule has 0 amide bonds. The lowest BCUT2D eigenvalue weighted by molar-refractivity contribution is 0.387. The molecule has 2 heterocycles. The molecule has 2 aromatic rings. The van der Waals surface area contributed by atoms with Crippen molar-refractivity contribution in [3.8, 4) is 0 Å². The molecule has 0 aromatic carbocycles. The number of furan rings is 1. The summed E-state index contributed by atoms with van der Waals surface area (Å²) in [5.41, 5.74) is 6.10. The second kappa shape index (κ2) is 5.96. The molecule has 0 aliphatic rings. The van der Waals surface area contributed by atoms with Gasteiger partial charge in [0, 0.05) is 32.0 Å². The van der Waals surface area contributed by atoms with Gasteiger partial charge in [0.2, 0.25) is 15.9 Å². The zero-order chi connectivity index (χ0) is 15.6. The van der Waals surface area contributed by atoms with Crippen LogP contribution in [-0.2, 0) is 23.0 Å². The van der Waals surface area contributed by atoms with Crippen molar-refractivity contribution in [3.05, 3.63) is 28.8 Å². The van der Waals surface area contributed by atoms with E-state index in [4.69, 9.17) is 14.7 Å². The predicted molar refractivity (Wildman–Crippen MR) is 74.0 cm³/mol. The summed E-state index contributed by atoms with van der Waals surface area (Å²) in [6.45, 7) is 5.23. The number of aryl methyl sites for hydroxylation is 3. The zero-order valence-electron chi connectivity index (χ0n) is 12.1. The lowest BCUT2D eigenvalue weighted by atomic mass is 10.2. The summed E-state index contributed by atoms with van der Waals surface area (Å²) < 4.78 is 37.4. The fraction of sp³-hybridized carbons (Fsp3) is 0.500. The van der Waals surface area contributed by atoms with Crippen molar-refractivity contribution in [2.45, 2.75) is 38.6 Å². The van der Waals surface area contributed by atoms with E-state index in [1.54, 1.807) is 20.8 Å². The van der Waals surface area contributed by atoms with Gasteiger partial charge in [-0.05, 0) is 13.8 Å². The summed E-state index contributed by atoms with van der Waals surface area (Å²) in [5.74, 6) is 1.74. The first kappa shape index (κ1) is 15.7. The van der Waals surface area contributed by atoms with Crippen molar-refractivity contribution in [1.29, 1.82) is 0 Å². The third-order valence-corrected chi connectivity index (χ3v) is 4.66. The largest absolute Gasteiger partial charge is 0.465 e. The van der Waals surface area contributed by atoms with Crippen LogP contribution in [0.2, 0.25) is 0 Å². The van der Waals surface area contributed by atoms with Crippen LogP contribution in [0.15, 0.2) is 13.8 Å². The molecule has 2 aromatic heterocycles. The number of nitrogens with zero attached hydrogens (tertiary/aromatic N) is 2. The van der Waals surface area contributed by atoms with Gasteiger partial charge >= 0.3 is 0 Å². The molecule has 0 aliphatic carbocycles. The Morgan fingerprint density at radius 1 is 1.24 bits per heavy atom. The second-order valence-corrected chi connectivity index (χ2v) is 6.31. The molecule has 2 rings (SSSR count). The quantitative estimate of drug-likeness (QED) is 0.798. The fourth-order valence-electron chi connectivity index (χ4n) is 2.11. The molecule has 8 nitrogen and oxygen atoms in total. The third kappa shape index (κ3) is 3.31. The first-order valence-corrected chi connectivity index (χ1v) is 7.91. The van der Waals surface area contributed by atoms with Gasteiger partial charge in [-0.2, -0.15) is 4.98 Å². The standard InChI is InChI=1S/C12H18N4O4S/c1-7-10(6-13)12(8(2)19-7)21(17,18)14-5-4-11-15-9(3)20-16-11/h14H,4-6,13H2,1-3H3. The van der Waals surface area contributed by atoms with Crippen molar-refractivity contribution < 1.29 is 17.4 Å². The van der Waals surface area contributed by atoms with Crippen LogP contribution in [0.4, 0.5) is 0 Å². The van der Waals surface area contributed by atoms with E-state index in [2.05, 4.69) is 14.9 Å². The number of hydrogen-bond acceptors (Lipinski definition) is 7. The minimum Gasteiger partial charge on any atom is -0.465 e. The second-order valence-electron chi connectivity index (χ2n) is 4.60. The average Bonchev–Trinajstić information content (AvgIpc) is 2.92. The van der Waals surface area contributed by atoms with E-state index in [1.165, 1.54) is 0 Å². The Hall–Kier alpha value is -1.71. The van der Waals surface area contributed by atoms with Gasteiger partial charge in [0.05, 0.1) is 0 Å². The fourth-order valence-corrected chi connectivity index (χ4v) is 3.60. The molecule has 9 heteroatoms. The van der Waals surface area contributed by atoms with Crippen molar-refractivity contribution in [2.24, 2.45) is 5.73 Å². The monoisotopic (exact) mass is 314 g/mol. The molecule has 0 aliphatic heterocycles. The molecule has 0 saturated carbocycles. The van der Waals surface area contributed by atoms with Crippen LogP contribution in [0.25, 0.3) is 0 Å². The first-order chi connectivity index (χ1) is 9.85. The molecule has 21 heavy (non-hydrogen) atoms. The van der Waals surface area contributed by atoms with Gasteiger partial charge in [-0.25, -0.2) is 13.1 Å². The highest BCUT2D eigenvalue weighted by Gasteiger charge is 2.25. The Balaban J connectivity index is 2.12. The van der Waals surface area contributed by atoms with Crippen molar-refractivity contribution in [2.75, 3.05) is 6.54 Å². The number of hydrogen-bond donors (Lipinski definition) is 2. The number of sulfonamides is 1. The Morgan fingerprint density at radius 3 is 2.52 bits per heavy atom. The molecule has 0 fully saturated rings. The number of aromatic nitrogens is 2. The molecular weight excluding hydrogens is 296 g/mol. The lowest BCUT2D eigenvalue weighted by Gasteiger charge is -2.06. The maximum absolute atomic E-state index is 12.4. The molecule has 3 N–H and O–H groups in total. The van der Waals surface area contributed by atoms with Gasteiger partial charge in [0.1, 0.15) is 16.4 Å². The van der Waals surface area contributed by atoms with Gasteiger partial charge < -0.3 is 14.7 Å². The SMILES string of the molecule is Cc1nc(CCNS(=O)(=O)c2c(C)oc(C)c2CN)no1. The maximum atomic E-state index is 12.4. The highest BCUT2D eigenvalue weighted by Crippen LogP contribution is 2.25. The van der Waals surface area contributed by atoms with Crippen molar-refractivity contribution in [3.63, 3.8) is 0 Å².